The zero-order valence-corrected chi connectivity index (χ0v) is 76.7. The maximum Gasteiger partial charge on any atom is 0.397 e. The largest absolute Gasteiger partial charge is 0.397 e. The van der Waals surface area contributed by atoms with Gasteiger partial charge in [-0.25, -0.2) is 66.9 Å². The molecule has 5 aliphatic rings. The van der Waals surface area contributed by atoms with Crippen molar-refractivity contribution < 1.29 is 341 Å². The molecule has 0 bridgehead atoms. The SMILES string of the molecule is COCCOCCOCCOCCOC1O[C@H](COS(=O)(=O)O)[C@@H](OS(=O)(=O)O)[C@H](O[C@@H]2O[C@H](COS(=O)(=O)O)[C@@H](OS(=O)(=O)O)[C@H](O[C@@H]3O[C@H](COS(=O)(=O)O)[C@@H](OS(=O)(=O)O)[C@H](O[C@@H]4O[C@H](COS(=O)(=O)O)[C@@H](OS(=O)(=O)O)[C@H](O[C@@H]5O[C@H](COS(=O)(=O)O)[C@@H](OS(=O)(=O)O)[C@H](OS(=O)(=O)O)[C@H]5OS(=O)(=O)O)[C@H]4OS(=O)(=O)O)[C@H]3OS(=O)(=O)O)[C@H]2OS(=O)(=O)O)[C@H]1OS(=O)(=O)O. The summed E-state index contributed by atoms with van der Waals surface area (Å²) < 4.78 is 711. The minimum absolute atomic E-state index is 0.0472. The maximum atomic E-state index is 13.4. The molecular weight excluding hydrogens is 2230 g/mol. The van der Waals surface area contributed by atoms with Crippen LogP contribution in [0.25, 0.3) is 0 Å². The molecule has 0 amide bonds. The van der Waals surface area contributed by atoms with Gasteiger partial charge in [0.25, 0.3) is 0 Å². The molecule has 133 heavy (non-hydrogen) atoms. The van der Waals surface area contributed by atoms with Gasteiger partial charge in [-0.3, -0.25) is 72.8 Å². The molecule has 5 fully saturated rings. The van der Waals surface area contributed by atoms with E-state index in [4.69, 9.17) is 66.3 Å². The molecule has 0 saturated carbocycles. The van der Waals surface area contributed by atoms with Gasteiger partial charge < -0.3 is 66.3 Å². The van der Waals surface area contributed by atoms with Crippen molar-refractivity contribution in [2.45, 2.75) is 154 Å². The first-order chi connectivity index (χ1) is 59.8. The van der Waals surface area contributed by atoms with E-state index in [1.807, 2.05) is 0 Å². The Hall–Kier alpha value is -2.64. The molecule has 0 aliphatic carbocycles. The van der Waals surface area contributed by atoms with Crippen molar-refractivity contribution in [1.29, 1.82) is 0 Å². The number of ether oxygens (including phenoxy) is 14. The van der Waals surface area contributed by atoms with E-state index in [-0.39, 0.29) is 33.0 Å². The lowest BCUT2D eigenvalue weighted by molar-refractivity contribution is -0.385. The van der Waals surface area contributed by atoms with Crippen LogP contribution in [0.1, 0.15) is 0 Å². The molecule has 790 valence electrons. The Morgan fingerprint density at radius 2 is 0.331 bits per heavy atom. The topological polar surface area (TPSA) is 1150 Å². The molecule has 0 aromatic rings. The van der Waals surface area contributed by atoms with Crippen LogP contribution in [0.3, 0.4) is 0 Å². The van der Waals surface area contributed by atoms with Gasteiger partial charge >= 0.3 is 166 Å². The summed E-state index contributed by atoms with van der Waals surface area (Å²) in [5, 5.41) is 0. The van der Waals surface area contributed by atoms with E-state index < -0.39 is 373 Å². The number of hydrogen-bond acceptors (Lipinski definition) is 62. The fourth-order valence-electron chi connectivity index (χ4n) is 11.3. The molecule has 94 heteroatoms. The van der Waals surface area contributed by atoms with Crippen molar-refractivity contribution in [2.24, 2.45) is 0 Å². The monoisotopic (exact) mass is 2300 g/mol. The van der Waals surface area contributed by atoms with Crippen LogP contribution >= 0.6 is 0 Å². The predicted octanol–water partition coefficient (Wildman–Crippen LogP) is -14.0. The minimum Gasteiger partial charge on any atom is -0.382 e. The second-order valence-electron chi connectivity index (χ2n) is 24.8. The lowest BCUT2D eigenvalue weighted by Gasteiger charge is -2.51. The van der Waals surface area contributed by atoms with Gasteiger partial charge in [-0.15, -0.1) is 0 Å². The van der Waals surface area contributed by atoms with Crippen LogP contribution in [0.15, 0.2) is 0 Å². The smallest absolute Gasteiger partial charge is 0.382 e. The molecule has 1 unspecified atom stereocenters. The molecule has 0 aromatic heterocycles. The normalized spacial score (nSPS) is 31.3. The minimum atomic E-state index is -7.15. The van der Waals surface area contributed by atoms with Crippen LogP contribution in [0, 0.1) is 0 Å². The lowest BCUT2D eigenvalue weighted by atomic mass is 9.95. The fourth-order valence-corrected chi connectivity index (χ4v) is 18.3. The summed E-state index contributed by atoms with van der Waals surface area (Å²) in [6.07, 6.45) is -96.3. The number of rotatable bonds is 58. The van der Waals surface area contributed by atoms with Crippen LogP contribution in [-0.2, 0) is 300 Å². The molecule has 5 aliphatic heterocycles. The molecular formula is C39H70O78S16. The summed E-state index contributed by atoms with van der Waals surface area (Å²) in [5.74, 6) is 0. The van der Waals surface area contributed by atoms with Crippen molar-refractivity contribution in [1.82, 2.24) is 0 Å². The zero-order valence-electron chi connectivity index (χ0n) is 63.6. The van der Waals surface area contributed by atoms with Gasteiger partial charge in [0.05, 0.1) is 85.9 Å². The summed E-state index contributed by atoms with van der Waals surface area (Å²) in [6, 6.07) is 0. The van der Waals surface area contributed by atoms with Crippen LogP contribution in [0.2, 0.25) is 0 Å². The van der Waals surface area contributed by atoms with Gasteiger partial charge in [0.15, 0.2) is 62.0 Å². The van der Waals surface area contributed by atoms with Crippen molar-refractivity contribution in [2.75, 3.05) is 93.0 Å². The van der Waals surface area contributed by atoms with E-state index in [1.165, 1.54) is 7.11 Å². The summed E-state index contributed by atoms with van der Waals surface area (Å²) in [7, 11) is -105. The van der Waals surface area contributed by atoms with Gasteiger partial charge in [0.1, 0.15) is 91.6 Å². The molecule has 0 radical (unpaired) electrons. The molecule has 0 aromatic carbocycles. The average molecular weight is 2300 g/mol. The Kier molecular flexibility index (Phi) is 43.3. The Morgan fingerprint density at radius 3 is 0.519 bits per heavy atom. The van der Waals surface area contributed by atoms with Crippen LogP contribution in [0.4, 0.5) is 0 Å². The van der Waals surface area contributed by atoms with E-state index in [9.17, 15) is 208 Å². The van der Waals surface area contributed by atoms with Crippen molar-refractivity contribution in [3.05, 3.63) is 0 Å². The highest BCUT2D eigenvalue weighted by Gasteiger charge is 2.65. The number of hydrogen-bond donors (Lipinski definition) is 16. The molecule has 25 atom stereocenters. The Balaban J connectivity index is 2.01. The highest BCUT2D eigenvalue weighted by Crippen LogP contribution is 2.44. The van der Waals surface area contributed by atoms with E-state index in [0.717, 1.165) is 0 Å². The fraction of sp³-hybridized carbons (Fsp3) is 1.00. The summed E-state index contributed by atoms with van der Waals surface area (Å²) >= 11 is 0. The molecule has 5 heterocycles. The molecule has 5 rings (SSSR count). The first kappa shape index (κ1) is 121. The Morgan fingerprint density at radius 1 is 0.180 bits per heavy atom. The van der Waals surface area contributed by atoms with Crippen LogP contribution in [-0.4, -0.2) is 454 Å². The van der Waals surface area contributed by atoms with Gasteiger partial charge in [-0.2, -0.15) is 135 Å². The second-order valence-corrected chi connectivity index (χ2v) is 41.7. The Bertz CT molecular complexity index is 5840. The third-order valence-corrected chi connectivity index (χ3v) is 22.6. The van der Waals surface area contributed by atoms with Crippen molar-refractivity contribution in [3.63, 3.8) is 0 Å². The lowest BCUT2D eigenvalue weighted by Crippen LogP contribution is -2.70. The van der Waals surface area contributed by atoms with E-state index in [0.29, 0.717) is 0 Å². The highest BCUT2D eigenvalue weighted by molar-refractivity contribution is 7.84. The van der Waals surface area contributed by atoms with Gasteiger partial charge in [-0.05, 0) is 0 Å². The van der Waals surface area contributed by atoms with Gasteiger partial charge in [-0.1, -0.05) is 0 Å². The van der Waals surface area contributed by atoms with Gasteiger partial charge in [0, 0.05) is 7.11 Å². The van der Waals surface area contributed by atoms with Crippen molar-refractivity contribution in [3.8, 4) is 0 Å². The summed E-state index contributed by atoms with van der Waals surface area (Å²) in [5.41, 5.74) is 0. The van der Waals surface area contributed by atoms with E-state index in [2.05, 4.69) is 66.9 Å². The number of methoxy groups -OCH3 is 1. The molecule has 78 nitrogen and oxygen atoms in total. The molecule has 0 spiro atoms. The highest BCUT2D eigenvalue weighted by atomic mass is 32.3. The molecule has 16 N–H and O–H groups in total. The third-order valence-electron chi connectivity index (χ3n) is 15.3. The second kappa shape index (κ2) is 47.7. The van der Waals surface area contributed by atoms with Crippen molar-refractivity contribution >= 4 is 166 Å². The maximum absolute atomic E-state index is 13.4. The van der Waals surface area contributed by atoms with E-state index >= 15 is 0 Å². The first-order valence-corrected chi connectivity index (χ1v) is 54.7. The predicted molar refractivity (Wildman–Crippen MR) is 381 cm³/mol. The Labute approximate surface area is 748 Å². The van der Waals surface area contributed by atoms with Crippen LogP contribution in [0.5, 0.6) is 0 Å². The molecule has 5 saturated heterocycles. The van der Waals surface area contributed by atoms with Crippen LogP contribution < -0.4 is 0 Å². The third kappa shape index (κ3) is 46.5. The first-order valence-electron chi connectivity index (χ1n) is 32.9. The summed E-state index contributed by atoms with van der Waals surface area (Å²) in [6.45, 7) is -14.8. The zero-order chi connectivity index (χ0) is 102. The summed E-state index contributed by atoms with van der Waals surface area (Å²) in [4.78, 5) is 0. The standard InChI is InChI=1S/C39H70O78S16/c1-88-2-3-89-4-5-90-6-7-91-8-9-92-35-30(113-129(73,74)75)25(20(107-123(55,56)57)15(98-35)10-93-118(40,41)42)103-36-31(114-130(76,77)78)26(21(108-124(58,59)60)16(99-36)11-94-119(43,44)45)104-37-32(115-131(79,80)81)27(22(109-125(61,62)63)17(100-37)12-95-120(46,47)48)105-38-33(116-132(82,83)84)28(23(110-126(64,65)66)18(101-38)13-96-121(49,50)51)106-39-34(117-133(85,86)87)29(112-128(70,71)72)24(111-127(67,68)69)19(102-39)14-97-122(52,53)54/h15-39H,2-14H2,1H3,(H,40,41,42)(H,43,44,45)(H,46,47,48)(H,49,50,51)(H,52,53,54)(H,55,56,57)(H,58,59,60)(H,61,62,63)(H,64,65,66)(H,67,68,69)(H,70,71,72)(H,73,74,75)(H,76,77,78)(H,79,80,81)(H,82,83,84)(H,85,86,87)/t15-,16-,17-,18-,19-,20-,21-,22-,23-,24-,25+,26+,27+,28+,29+,30-,31-,32-,33-,34-,35?,36+,37+,38+,39+/m1/s1. The van der Waals surface area contributed by atoms with Gasteiger partial charge in [0.2, 0.25) is 0 Å². The quantitative estimate of drug-likeness (QED) is 0.0199. The van der Waals surface area contributed by atoms with E-state index in [1.54, 1.807) is 0 Å². The average Bonchev–Trinajstić information content (AvgIpc) is 0.747.